The third kappa shape index (κ3) is 5.72. The smallest absolute Gasteiger partial charge is 0.302 e. The van der Waals surface area contributed by atoms with Crippen molar-refractivity contribution in [1.29, 1.82) is 0 Å². The predicted octanol–water partition coefficient (Wildman–Crippen LogP) is 4.40. The Balaban J connectivity index is 0.000000260. The van der Waals surface area contributed by atoms with Gasteiger partial charge in [0.05, 0.1) is 5.92 Å². The lowest BCUT2D eigenvalue weighted by Crippen LogP contribution is -2.30. The molecule has 0 saturated carbocycles. The molecule has 2 unspecified atom stereocenters. The summed E-state index contributed by atoms with van der Waals surface area (Å²) in [6.07, 6.45) is 4.37. The van der Waals surface area contributed by atoms with E-state index in [1.165, 1.54) is 6.92 Å². The number of benzene rings is 1. The van der Waals surface area contributed by atoms with E-state index in [0.29, 0.717) is 30.0 Å². The summed E-state index contributed by atoms with van der Waals surface area (Å²) in [7, 11) is 1.84. The lowest BCUT2D eigenvalue weighted by molar-refractivity contribution is -0.142. The van der Waals surface area contributed by atoms with E-state index in [9.17, 15) is 9.59 Å². The molecule has 2 aliphatic rings. The number of allylic oxidation sites excluding steroid dienone is 3. The van der Waals surface area contributed by atoms with Crippen LogP contribution in [0, 0.1) is 23.7 Å². The molecule has 154 valence electrons. The van der Waals surface area contributed by atoms with Crippen molar-refractivity contribution in [3.8, 4) is 0 Å². The highest BCUT2D eigenvalue weighted by atomic mass is 16.5. The van der Waals surface area contributed by atoms with Gasteiger partial charge in [0, 0.05) is 31.3 Å². The highest BCUT2D eigenvalue weighted by molar-refractivity contribution is 5.85. The molecule has 3 rings (SSSR count). The zero-order valence-electron chi connectivity index (χ0n) is 17.9. The van der Waals surface area contributed by atoms with E-state index < -0.39 is 0 Å². The zero-order chi connectivity index (χ0) is 21.4. The Bertz CT molecular complexity index is 679. The molecule has 1 aliphatic carbocycles. The quantitative estimate of drug-likeness (QED) is 0.464. The topological polar surface area (TPSA) is 72.6 Å². The standard InChI is InChI=1S/C12H17NO.C9H11NO2.C2H6/c1-7-5-6-8(2)11-10(7)9(3)13(4)12(11)14;1-7(11)12-6-8-2-4-9(10)5-3-8;1-2/h5-8,10-11H,3H2,1-2,4H3;2-5H,6,10H2,1H3;1-2H3/t7?,8?,10-,11-;;/m1../s1. The van der Waals surface area contributed by atoms with Gasteiger partial charge in [-0.3, -0.25) is 9.59 Å². The van der Waals surface area contributed by atoms with E-state index in [-0.39, 0.29) is 17.8 Å². The second-order valence-corrected chi connectivity index (χ2v) is 7.07. The summed E-state index contributed by atoms with van der Waals surface area (Å²) < 4.78 is 4.79. The van der Waals surface area contributed by atoms with Gasteiger partial charge in [0.2, 0.25) is 5.91 Å². The molecule has 0 radical (unpaired) electrons. The molecule has 1 amide bonds. The number of nitrogens with zero attached hydrogens (tertiary/aromatic N) is 1. The molecule has 1 aromatic carbocycles. The van der Waals surface area contributed by atoms with Crippen LogP contribution in [-0.4, -0.2) is 23.8 Å². The number of hydrogen-bond donors (Lipinski definition) is 1. The van der Waals surface area contributed by atoms with Crippen LogP contribution in [0.15, 0.2) is 48.7 Å². The first-order chi connectivity index (χ1) is 13.2. The number of hydrogen-bond acceptors (Lipinski definition) is 4. The Morgan fingerprint density at radius 3 is 2.07 bits per heavy atom. The fourth-order valence-electron chi connectivity index (χ4n) is 3.52. The molecule has 0 spiro atoms. The largest absolute Gasteiger partial charge is 0.461 e. The number of nitrogens with two attached hydrogens (primary N) is 1. The van der Waals surface area contributed by atoms with Gasteiger partial charge < -0.3 is 15.4 Å². The van der Waals surface area contributed by atoms with Crippen molar-refractivity contribution in [1.82, 2.24) is 4.90 Å². The summed E-state index contributed by atoms with van der Waals surface area (Å²) in [5.41, 5.74) is 8.12. The molecule has 1 heterocycles. The number of carbonyl (C=O) groups excluding carboxylic acids is 2. The first kappa shape index (κ1) is 23.5. The Morgan fingerprint density at radius 2 is 1.61 bits per heavy atom. The van der Waals surface area contributed by atoms with Crippen LogP contribution in [0.25, 0.3) is 0 Å². The molecule has 1 aliphatic heterocycles. The van der Waals surface area contributed by atoms with Crippen molar-refractivity contribution < 1.29 is 14.3 Å². The Hall–Kier alpha value is -2.56. The summed E-state index contributed by atoms with van der Waals surface area (Å²) in [6, 6.07) is 7.22. The van der Waals surface area contributed by atoms with Crippen LogP contribution in [0.3, 0.4) is 0 Å². The summed E-state index contributed by atoms with van der Waals surface area (Å²) in [5, 5.41) is 0. The van der Waals surface area contributed by atoms with E-state index in [0.717, 1.165) is 11.3 Å². The monoisotopic (exact) mass is 386 g/mol. The number of nitrogen functional groups attached to an aromatic ring is 1. The third-order valence-electron chi connectivity index (χ3n) is 5.09. The minimum Gasteiger partial charge on any atom is -0.461 e. The third-order valence-corrected chi connectivity index (χ3v) is 5.09. The number of rotatable bonds is 2. The van der Waals surface area contributed by atoms with Crippen molar-refractivity contribution in [3.63, 3.8) is 0 Å². The van der Waals surface area contributed by atoms with E-state index in [4.69, 9.17) is 10.5 Å². The second kappa shape index (κ2) is 10.7. The summed E-state index contributed by atoms with van der Waals surface area (Å²) in [5.74, 6) is 1.22. The van der Waals surface area contributed by atoms with E-state index in [1.54, 1.807) is 17.0 Å². The molecule has 0 aromatic heterocycles. The molecule has 5 heteroatoms. The number of fused-ring (bicyclic) bond motifs is 1. The van der Waals surface area contributed by atoms with Gasteiger partial charge in [-0.2, -0.15) is 0 Å². The molecule has 2 N–H and O–H groups in total. The number of carbonyl (C=O) groups is 2. The van der Waals surface area contributed by atoms with Crippen molar-refractivity contribution in [2.24, 2.45) is 23.7 Å². The van der Waals surface area contributed by atoms with Crippen molar-refractivity contribution >= 4 is 17.6 Å². The summed E-state index contributed by atoms with van der Waals surface area (Å²) >= 11 is 0. The number of ether oxygens (including phenoxy) is 1. The van der Waals surface area contributed by atoms with Gasteiger partial charge in [-0.25, -0.2) is 0 Å². The normalized spacial score (nSPS) is 25.1. The van der Waals surface area contributed by atoms with Gasteiger partial charge in [-0.1, -0.05) is 58.6 Å². The molecule has 0 bridgehead atoms. The maximum absolute atomic E-state index is 11.9. The van der Waals surface area contributed by atoms with Gasteiger partial charge in [0.15, 0.2) is 0 Å². The van der Waals surface area contributed by atoms with Crippen LogP contribution in [-0.2, 0) is 20.9 Å². The Kier molecular flexibility index (Phi) is 8.97. The first-order valence-electron chi connectivity index (χ1n) is 9.84. The molecular weight excluding hydrogens is 352 g/mol. The van der Waals surface area contributed by atoms with E-state index in [1.807, 2.05) is 33.0 Å². The number of anilines is 1. The maximum Gasteiger partial charge on any atom is 0.302 e. The van der Waals surface area contributed by atoms with Crippen LogP contribution < -0.4 is 5.73 Å². The summed E-state index contributed by atoms with van der Waals surface area (Å²) in [6.45, 7) is 14.0. The van der Waals surface area contributed by atoms with E-state index >= 15 is 0 Å². The van der Waals surface area contributed by atoms with Gasteiger partial charge >= 0.3 is 5.97 Å². The molecule has 1 fully saturated rings. The number of amides is 1. The van der Waals surface area contributed by atoms with Gasteiger partial charge in [-0.15, -0.1) is 0 Å². The van der Waals surface area contributed by atoms with Crippen LogP contribution in [0.4, 0.5) is 5.69 Å². The minimum atomic E-state index is -0.271. The maximum atomic E-state index is 11.9. The molecule has 4 atom stereocenters. The van der Waals surface area contributed by atoms with Gasteiger partial charge in [-0.05, 0) is 29.5 Å². The number of likely N-dealkylation sites (tertiary alicyclic amines) is 1. The highest BCUT2D eigenvalue weighted by Crippen LogP contribution is 2.44. The Morgan fingerprint density at radius 1 is 1.11 bits per heavy atom. The van der Waals surface area contributed by atoms with Crippen LogP contribution in [0.5, 0.6) is 0 Å². The second-order valence-electron chi connectivity index (χ2n) is 7.07. The SMILES string of the molecule is C=C1[C@H]2C(C)C=CC(C)[C@H]2C(=O)N1C.CC.CC(=O)OCc1ccc(N)cc1. The highest BCUT2D eigenvalue weighted by Gasteiger charge is 2.47. The summed E-state index contributed by atoms with van der Waals surface area (Å²) in [4.78, 5) is 24.1. The molecule has 1 aromatic rings. The zero-order valence-corrected chi connectivity index (χ0v) is 17.9. The van der Waals surface area contributed by atoms with Crippen molar-refractivity contribution in [2.75, 3.05) is 12.8 Å². The Labute approximate surface area is 169 Å². The fraction of sp³-hybridized carbons (Fsp3) is 0.478. The lowest BCUT2D eigenvalue weighted by Gasteiger charge is -2.29. The van der Waals surface area contributed by atoms with Gasteiger partial charge in [0.1, 0.15) is 6.61 Å². The number of esters is 1. The average molecular weight is 387 g/mol. The lowest BCUT2D eigenvalue weighted by atomic mass is 9.72. The molecule has 5 nitrogen and oxygen atoms in total. The average Bonchev–Trinajstić information content (AvgIpc) is 2.92. The first-order valence-corrected chi connectivity index (χ1v) is 9.84. The molecule has 1 saturated heterocycles. The minimum absolute atomic E-state index is 0.132. The fourth-order valence-corrected chi connectivity index (χ4v) is 3.52. The van der Waals surface area contributed by atoms with Crippen molar-refractivity contribution in [3.05, 3.63) is 54.3 Å². The van der Waals surface area contributed by atoms with Crippen LogP contribution >= 0.6 is 0 Å². The van der Waals surface area contributed by atoms with E-state index in [2.05, 4.69) is 32.6 Å². The molecular formula is C23H34N2O3. The van der Waals surface area contributed by atoms with Crippen LogP contribution in [0.1, 0.15) is 40.2 Å². The van der Waals surface area contributed by atoms with Crippen molar-refractivity contribution in [2.45, 2.75) is 41.2 Å². The predicted molar refractivity (Wildman–Crippen MR) is 114 cm³/mol. The van der Waals surface area contributed by atoms with Gasteiger partial charge in [0.25, 0.3) is 0 Å². The molecule has 28 heavy (non-hydrogen) atoms. The van der Waals surface area contributed by atoms with Crippen LogP contribution in [0.2, 0.25) is 0 Å².